The van der Waals surface area contributed by atoms with Crippen LogP contribution in [0.25, 0.3) is 0 Å². The molecule has 6 nitrogen and oxygen atoms in total. The number of carbonyl (C=O) groups excluding carboxylic acids is 1. The van der Waals surface area contributed by atoms with Crippen LogP contribution in [0.3, 0.4) is 0 Å². The third kappa shape index (κ3) is 4.12. The standard InChI is InChI=1S/C17H20N4O2/c18-17-14(9-19-12-20-17)8-15(22)16-11-21(6-7-23-16)10-13-4-2-1-3-5-13/h1-5,9,12,16H,6-8,10-11H2,(H2,18,19,20)/t16-/m0/s1. The number of hydrogen-bond donors (Lipinski definition) is 1. The molecule has 2 heterocycles. The fourth-order valence-corrected chi connectivity index (χ4v) is 2.69. The van der Waals surface area contributed by atoms with E-state index in [1.165, 1.54) is 11.9 Å². The minimum absolute atomic E-state index is 0.0178. The van der Waals surface area contributed by atoms with Crippen LogP contribution in [0, 0.1) is 0 Å². The second kappa shape index (κ2) is 7.30. The third-order valence-corrected chi connectivity index (χ3v) is 3.95. The van der Waals surface area contributed by atoms with Crippen molar-refractivity contribution in [3.05, 3.63) is 54.0 Å². The maximum Gasteiger partial charge on any atom is 0.167 e. The van der Waals surface area contributed by atoms with Gasteiger partial charge in [0.25, 0.3) is 0 Å². The number of nitrogen functional groups attached to an aromatic ring is 1. The number of ketones is 1. The van der Waals surface area contributed by atoms with Crippen LogP contribution in [-0.4, -0.2) is 46.5 Å². The molecule has 1 aliphatic rings. The molecule has 2 aromatic rings. The fraction of sp³-hybridized carbons (Fsp3) is 0.353. The zero-order valence-corrected chi connectivity index (χ0v) is 12.9. The third-order valence-electron chi connectivity index (χ3n) is 3.95. The van der Waals surface area contributed by atoms with E-state index in [-0.39, 0.29) is 12.2 Å². The van der Waals surface area contributed by atoms with Crippen LogP contribution in [0.5, 0.6) is 0 Å². The van der Waals surface area contributed by atoms with Crippen LogP contribution in [0.4, 0.5) is 5.82 Å². The van der Waals surface area contributed by atoms with Crippen molar-refractivity contribution in [3.8, 4) is 0 Å². The van der Waals surface area contributed by atoms with Gasteiger partial charge in [-0.1, -0.05) is 30.3 Å². The van der Waals surface area contributed by atoms with Crippen molar-refractivity contribution in [2.45, 2.75) is 19.1 Å². The number of morpholine rings is 1. The molecule has 0 spiro atoms. The molecule has 120 valence electrons. The van der Waals surface area contributed by atoms with E-state index in [9.17, 15) is 4.79 Å². The Hall–Kier alpha value is -2.31. The highest BCUT2D eigenvalue weighted by atomic mass is 16.5. The van der Waals surface area contributed by atoms with E-state index < -0.39 is 6.10 Å². The van der Waals surface area contributed by atoms with Gasteiger partial charge < -0.3 is 10.5 Å². The molecule has 2 N–H and O–H groups in total. The molecule has 0 saturated carbocycles. The van der Waals surface area contributed by atoms with Crippen LogP contribution in [-0.2, 0) is 22.5 Å². The summed E-state index contributed by atoms with van der Waals surface area (Å²) in [6, 6.07) is 10.2. The molecular formula is C17H20N4O2. The van der Waals surface area contributed by atoms with Gasteiger partial charge in [-0.15, -0.1) is 0 Å². The summed E-state index contributed by atoms with van der Waals surface area (Å²) in [6.07, 6.45) is 2.75. The highest BCUT2D eigenvalue weighted by Crippen LogP contribution is 2.14. The van der Waals surface area contributed by atoms with E-state index in [1.807, 2.05) is 18.2 Å². The Kier molecular flexibility index (Phi) is 4.95. The monoisotopic (exact) mass is 312 g/mol. The number of nitrogens with two attached hydrogens (primary N) is 1. The number of carbonyl (C=O) groups is 1. The summed E-state index contributed by atoms with van der Waals surface area (Å²) in [5.74, 6) is 0.370. The highest BCUT2D eigenvalue weighted by molar-refractivity contribution is 5.86. The largest absolute Gasteiger partial charge is 0.383 e. The van der Waals surface area contributed by atoms with Crippen LogP contribution < -0.4 is 5.73 Å². The summed E-state index contributed by atoms with van der Waals surface area (Å²) < 4.78 is 5.65. The Morgan fingerprint density at radius 2 is 2.17 bits per heavy atom. The van der Waals surface area contributed by atoms with Crippen molar-refractivity contribution in [1.82, 2.24) is 14.9 Å². The van der Waals surface area contributed by atoms with Gasteiger partial charge in [0.05, 0.1) is 6.61 Å². The topological polar surface area (TPSA) is 81.3 Å². The molecule has 1 saturated heterocycles. The quantitative estimate of drug-likeness (QED) is 0.889. The number of aromatic nitrogens is 2. The fourth-order valence-electron chi connectivity index (χ4n) is 2.69. The molecule has 1 fully saturated rings. The number of Topliss-reactive ketones (excluding diaryl/α,β-unsaturated/α-hetero) is 1. The average Bonchev–Trinajstić information content (AvgIpc) is 2.58. The van der Waals surface area contributed by atoms with Crippen LogP contribution >= 0.6 is 0 Å². The normalized spacial score (nSPS) is 18.7. The Bertz CT molecular complexity index is 663. The predicted octanol–water partition coefficient (Wildman–Crippen LogP) is 1.07. The van der Waals surface area contributed by atoms with E-state index in [4.69, 9.17) is 10.5 Å². The molecule has 6 heteroatoms. The van der Waals surface area contributed by atoms with E-state index in [1.54, 1.807) is 6.20 Å². The number of rotatable bonds is 5. The van der Waals surface area contributed by atoms with Gasteiger partial charge >= 0.3 is 0 Å². The summed E-state index contributed by atoms with van der Waals surface area (Å²) in [6.45, 7) is 2.81. The Morgan fingerprint density at radius 1 is 1.35 bits per heavy atom. The van der Waals surface area contributed by atoms with Crippen molar-refractivity contribution in [1.29, 1.82) is 0 Å². The Morgan fingerprint density at radius 3 is 2.96 bits per heavy atom. The molecule has 23 heavy (non-hydrogen) atoms. The van der Waals surface area contributed by atoms with Crippen molar-refractivity contribution in [3.63, 3.8) is 0 Å². The van der Waals surface area contributed by atoms with Gasteiger partial charge in [0.2, 0.25) is 0 Å². The highest BCUT2D eigenvalue weighted by Gasteiger charge is 2.27. The zero-order chi connectivity index (χ0) is 16.1. The second-order valence-electron chi connectivity index (χ2n) is 5.66. The minimum atomic E-state index is -0.424. The molecule has 0 aliphatic carbocycles. The molecule has 0 unspecified atom stereocenters. The van der Waals surface area contributed by atoms with Gasteiger partial charge in [-0.05, 0) is 5.56 Å². The van der Waals surface area contributed by atoms with Gasteiger partial charge in [0, 0.05) is 37.8 Å². The van der Waals surface area contributed by atoms with Crippen molar-refractivity contribution in [2.75, 3.05) is 25.4 Å². The molecule has 1 aromatic carbocycles. The molecule has 3 rings (SSSR count). The first kappa shape index (κ1) is 15.6. The van der Waals surface area contributed by atoms with Crippen molar-refractivity contribution < 1.29 is 9.53 Å². The molecule has 0 amide bonds. The van der Waals surface area contributed by atoms with E-state index >= 15 is 0 Å². The molecular weight excluding hydrogens is 292 g/mol. The summed E-state index contributed by atoms with van der Waals surface area (Å²) in [4.78, 5) is 22.5. The van der Waals surface area contributed by atoms with Gasteiger partial charge in [-0.2, -0.15) is 0 Å². The van der Waals surface area contributed by atoms with E-state index in [2.05, 4.69) is 27.0 Å². The van der Waals surface area contributed by atoms with E-state index in [0.29, 0.717) is 24.5 Å². The Balaban J connectivity index is 1.59. The summed E-state index contributed by atoms with van der Waals surface area (Å²) in [5.41, 5.74) is 7.66. The molecule has 0 radical (unpaired) electrons. The second-order valence-corrected chi connectivity index (χ2v) is 5.66. The van der Waals surface area contributed by atoms with Crippen LogP contribution in [0.15, 0.2) is 42.9 Å². The molecule has 1 aliphatic heterocycles. The van der Waals surface area contributed by atoms with Gasteiger partial charge in [-0.3, -0.25) is 9.69 Å². The summed E-state index contributed by atoms with van der Waals surface area (Å²) in [5, 5.41) is 0. The Labute approximate surface area is 135 Å². The van der Waals surface area contributed by atoms with Gasteiger partial charge in [0.15, 0.2) is 5.78 Å². The smallest absolute Gasteiger partial charge is 0.167 e. The molecule has 1 atom stereocenters. The predicted molar refractivity (Wildman–Crippen MR) is 86.6 cm³/mol. The lowest BCUT2D eigenvalue weighted by molar-refractivity contribution is -0.135. The van der Waals surface area contributed by atoms with Gasteiger partial charge in [-0.25, -0.2) is 9.97 Å². The summed E-state index contributed by atoms with van der Waals surface area (Å²) >= 11 is 0. The first-order valence-corrected chi connectivity index (χ1v) is 7.67. The maximum atomic E-state index is 12.5. The van der Waals surface area contributed by atoms with Crippen molar-refractivity contribution in [2.24, 2.45) is 0 Å². The number of hydrogen-bond acceptors (Lipinski definition) is 6. The van der Waals surface area contributed by atoms with E-state index in [0.717, 1.165) is 13.1 Å². The first-order chi connectivity index (χ1) is 11.2. The average molecular weight is 312 g/mol. The lowest BCUT2D eigenvalue weighted by atomic mass is 10.1. The van der Waals surface area contributed by atoms with Crippen LogP contribution in [0.1, 0.15) is 11.1 Å². The zero-order valence-electron chi connectivity index (χ0n) is 12.9. The van der Waals surface area contributed by atoms with Crippen LogP contribution in [0.2, 0.25) is 0 Å². The number of anilines is 1. The van der Waals surface area contributed by atoms with Crippen molar-refractivity contribution >= 4 is 11.6 Å². The van der Waals surface area contributed by atoms with Gasteiger partial charge in [0.1, 0.15) is 18.2 Å². The molecule has 0 bridgehead atoms. The SMILES string of the molecule is Nc1ncncc1CC(=O)[C@@H]1CN(Cc2ccccc2)CCO1. The number of ether oxygens (including phenoxy) is 1. The lowest BCUT2D eigenvalue weighted by Gasteiger charge is -2.32. The lowest BCUT2D eigenvalue weighted by Crippen LogP contribution is -2.46. The first-order valence-electron chi connectivity index (χ1n) is 7.67. The number of benzene rings is 1. The maximum absolute atomic E-state index is 12.5. The summed E-state index contributed by atoms with van der Waals surface area (Å²) in [7, 11) is 0. The number of nitrogens with zero attached hydrogens (tertiary/aromatic N) is 3. The molecule has 1 aromatic heterocycles. The minimum Gasteiger partial charge on any atom is -0.383 e.